The van der Waals surface area contributed by atoms with Crippen LogP contribution in [0.5, 0.6) is 5.75 Å². The van der Waals surface area contributed by atoms with E-state index in [2.05, 4.69) is 9.46 Å². The number of rotatable bonds is 4. The van der Waals surface area contributed by atoms with Crippen LogP contribution in [0.1, 0.15) is 39.3 Å². The quantitative estimate of drug-likeness (QED) is 0.826. The van der Waals surface area contributed by atoms with Crippen LogP contribution in [0.2, 0.25) is 5.02 Å². The van der Waals surface area contributed by atoms with E-state index < -0.39 is 34.3 Å². The summed E-state index contributed by atoms with van der Waals surface area (Å²) in [7, 11) is 0. The summed E-state index contributed by atoms with van der Waals surface area (Å²) in [6, 6.07) is 3.35. The van der Waals surface area contributed by atoms with Gasteiger partial charge in [0.1, 0.15) is 10.5 Å². The Bertz CT molecular complexity index is 491. The van der Waals surface area contributed by atoms with Crippen molar-refractivity contribution < 1.29 is 22.5 Å². The lowest BCUT2D eigenvalue weighted by atomic mass is 10.1. The Morgan fingerprint density at radius 1 is 1.24 bits per heavy atom. The Morgan fingerprint density at radius 3 is 2.29 bits per heavy atom. The standard InChI is InChI=1S/C13H17ClF3NO2S/c1-8(18-21(19)12(2,3)4)9-5-10(14)7-11(6-9)20-13(15,16)17/h5-8,18H,1-4H3/t8-,21-/m1/s1. The fourth-order valence-corrected chi connectivity index (χ4v) is 2.48. The third-order valence-corrected chi connectivity index (χ3v) is 4.37. The summed E-state index contributed by atoms with van der Waals surface area (Å²) in [6.07, 6.45) is -4.78. The first-order valence-electron chi connectivity index (χ1n) is 6.13. The van der Waals surface area contributed by atoms with Crippen molar-refractivity contribution in [3.8, 4) is 5.75 Å². The molecule has 1 rings (SSSR count). The van der Waals surface area contributed by atoms with E-state index in [1.807, 2.05) is 0 Å². The minimum absolute atomic E-state index is 0.113. The summed E-state index contributed by atoms with van der Waals surface area (Å²) in [4.78, 5) is 0. The lowest BCUT2D eigenvalue weighted by molar-refractivity contribution is -0.274. The molecule has 2 atom stereocenters. The highest BCUT2D eigenvalue weighted by atomic mass is 35.5. The number of hydrogen-bond donors (Lipinski definition) is 1. The van der Waals surface area contributed by atoms with Gasteiger partial charge in [-0.05, 0) is 51.5 Å². The molecule has 0 bridgehead atoms. The highest BCUT2D eigenvalue weighted by Gasteiger charge is 2.32. The van der Waals surface area contributed by atoms with Crippen LogP contribution in [0.3, 0.4) is 0 Å². The molecule has 0 saturated carbocycles. The van der Waals surface area contributed by atoms with Gasteiger partial charge in [-0.2, -0.15) is 0 Å². The zero-order valence-corrected chi connectivity index (χ0v) is 13.6. The minimum Gasteiger partial charge on any atom is -0.598 e. The summed E-state index contributed by atoms with van der Waals surface area (Å²) in [5, 5.41) is 0.113. The smallest absolute Gasteiger partial charge is 0.573 e. The van der Waals surface area contributed by atoms with Crippen molar-refractivity contribution in [3.05, 3.63) is 28.8 Å². The van der Waals surface area contributed by atoms with Crippen molar-refractivity contribution >= 4 is 23.0 Å². The van der Waals surface area contributed by atoms with E-state index in [1.165, 1.54) is 12.1 Å². The highest BCUT2D eigenvalue weighted by Crippen LogP contribution is 2.30. The second kappa shape index (κ2) is 6.64. The third kappa shape index (κ3) is 6.34. The van der Waals surface area contributed by atoms with Gasteiger partial charge in [-0.1, -0.05) is 11.6 Å². The van der Waals surface area contributed by atoms with Crippen LogP contribution >= 0.6 is 11.6 Å². The van der Waals surface area contributed by atoms with Gasteiger partial charge in [0.25, 0.3) is 0 Å². The van der Waals surface area contributed by atoms with E-state index in [4.69, 9.17) is 11.6 Å². The molecule has 21 heavy (non-hydrogen) atoms. The van der Waals surface area contributed by atoms with E-state index in [0.29, 0.717) is 5.56 Å². The Morgan fingerprint density at radius 2 is 1.81 bits per heavy atom. The molecule has 0 spiro atoms. The molecule has 0 amide bonds. The maximum atomic E-state index is 12.2. The zero-order valence-electron chi connectivity index (χ0n) is 12.0. The van der Waals surface area contributed by atoms with E-state index in [-0.39, 0.29) is 5.02 Å². The monoisotopic (exact) mass is 343 g/mol. The average molecular weight is 344 g/mol. The Balaban J connectivity index is 2.92. The summed E-state index contributed by atoms with van der Waals surface area (Å²) in [5.74, 6) is -0.403. The molecule has 0 radical (unpaired) electrons. The van der Waals surface area contributed by atoms with E-state index in [9.17, 15) is 17.7 Å². The lowest BCUT2D eigenvalue weighted by Gasteiger charge is -2.26. The second-order valence-electron chi connectivity index (χ2n) is 5.49. The second-order valence-corrected chi connectivity index (χ2v) is 7.92. The lowest BCUT2D eigenvalue weighted by Crippen LogP contribution is -2.40. The van der Waals surface area contributed by atoms with E-state index >= 15 is 0 Å². The number of nitrogens with one attached hydrogen (secondary N) is 1. The number of alkyl halides is 3. The van der Waals surface area contributed by atoms with Crippen LogP contribution in [0.4, 0.5) is 13.2 Å². The number of halogens is 4. The van der Waals surface area contributed by atoms with E-state index in [1.54, 1.807) is 27.7 Å². The average Bonchev–Trinajstić information content (AvgIpc) is 2.24. The largest absolute Gasteiger partial charge is 0.598 e. The molecular formula is C13H17ClF3NO2S. The normalized spacial score (nSPS) is 15.7. The van der Waals surface area contributed by atoms with Gasteiger partial charge in [0.2, 0.25) is 0 Å². The topological polar surface area (TPSA) is 44.3 Å². The number of ether oxygens (including phenoxy) is 1. The SMILES string of the molecule is C[C@@H](N[S@+]([O-])C(C)(C)C)c1cc(Cl)cc(OC(F)(F)F)c1. The van der Waals surface area contributed by atoms with Crippen LogP contribution in [0.25, 0.3) is 0 Å². The molecule has 0 aliphatic heterocycles. The summed E-state index contributed by atoms with van der Waals surface area (Å²) in [6.45, 7) is 7.06. The molecule has 1 aromatic carbocycles. The van der Waals surface area contributed by atoms with Crippen LogP contribution in [0.15, 0.2) is 18.2 Å². The summed E-state index contributed by atoms with van der Waals surface area (Å²) >= 11 is 4.44. The van der Waals surface area contributed by atoms with Gasteiger partial charge in [-0.25, -0.2) is 0 Å². The first-order valence-corrected chi connectivity index (χ1v) is 7.65. The predicted molar refractivity (Wildman–Crippen MR) is 77.6 cm³/mol. The summed E-state index contributed by atoms with van der Waals surface area (Å²) < 4.78 is 54.9. The Kier molecular flexibility index (Phi) is 5.83. The first-order chi connectivity index (χ1) is 9.38. The molecule has 0 aliphatic rings. The Hall–Kier alpha value is -0.630. The molecule has 8 heteroatoms. The van der Waals surface area contributed by atoms with Crippen LogP contribution in [-0.2, 0) is 11.4 Å². The van der Waals surface area contributed by atoms with Gasteiger partial charge in [0.05, 0.1) is 6.04 Å². The molecule has 1 N–H and O–H groups in total. The van der Waals surface area contributed by atoms with Crippen molar-refractivity contribution in [1.82, 2.24) is 4.72 Å². The van der Waals surface area contributed by atoms with Crippen molar-refractivity contribution in [2.24, 2.45) is 0 Å². The van der Waals surface area contributed by atoms with Crippen LogP contribution in [-0.4, -0.2) is 15.7 Å². The predicted octanol–water partition coefficient (Wildman–Crippen LogP) is 4.35. The molecular weight excluding hydrogens is 327 g/mol. The molecule has 120 valence electrons. The maximum absolute atomic E-state index is 12.2. The van der Waals surface area contributed by atoms with E-state index in [0.717, 1.165) is 6.07 Å². The molecule has 0 aliphatic carbocycles. The minimum atomic E-state index is -4.78. The Labute approximate surface area is 130 Å². The summed E-state index contributed by atoms with van der Waals surface area (Å²) in [5.41, 5.74) is 0.458. The van der Waals surface area contributed by atoms with Gasteiger partial charge in [-0.3, -0.25) is 0 Å². The highest BCUT2D eigenvalue weighted by molar-refractivity contribution is 7.90. The van der Waals surface area contributed by atoms with Crippen molar-refractivity contribution in [1.29, 1.82) is 0 Å². The van der Waals surface area contributed by atoms with Crippen molar-refractivity contribution in [2.45, 2.75) is 44.8 Å². The molecule has 0 heterocycles. The van der Waals surface area contributed by atoms with Crippen LogP contribution in [0, 0.1) is 0 Å². The molecule has 0 aromatic heterocycles. The van der Waals surface area contributed by atoms with Gasteiger partial charge in [0, 0.05) is 16.4 Å². The molecule has 3 nitrogen and oxygen atoms in total. The van der Waals surface area contributed by atoms with Gasteiger partial charge in [-0.15, -0.1) is 17.9 Å². The molecule has 0 unspecified atom stereocenters. The van der Waals surface area contributed by atoms with Crippen molar-refractivity contribution in [3.63, 3.8) is 0 Å². The molecule has 0 fully saturated rings. The fourth-order valence-electron chi connectivity index (χ4n) is 1.43. The van der Waals surface area contributed by atoms with Crippen molar-refractivity contribution in [2.75, 3.05) is 0 Å². The third-order valence-electron chi connectivity index (χ3n) is 2.47. The molecule has 1 aromatic rings. The van der Waals surface area contributed by atoms with Crippen LogP contribution < -0.4 is 9.46 Å². The molecule has 0 saturated heterocycles. The first kappa shape index (κ1) is 18.4. The zero-order chi connectivity index (χ0) is 16.4. The number of benzene rings is 1. The van der Waals surface area contributed by atoms with Gasteiger partial charge in [0.15, 0.2) is 0 Å². The maximum Gasteiger partial charge on any atom is 0.573 e. The fraction of sp³-hybridized carbons (Fsp3) is 0.538. The van der Waals surface area contributed by atoms with Gasteiger partial charge >= 0.3 is 6.36 Å². The number of hydrogen-bond acceptors (Lipinski definition) is 3. The van der Waals surface area contributed by atoms with Gasteiger partial charge < -0.3 is 9.29 Å².